The molecule has 0 aromatic carbocycles. The van der Waals surface area contributed by atoms with E-state index in [0.29, 0.717) is 23.7 Å². The average Bonchev–Trinajstić information content (AvgIpc) is 3.26. The summed E-state index contributed by atoms with van der Waals surface area (Å²) in [5.41, 5.74) is 2.53. The van der Waals surface area contributed by atoms with Crippen LogP contribution in [-0.2, 0) is 14.9 Å². The van der Waals surface area contributed by atoms with Gasteiger partial charge in [-0.15, -0.1) is 11.3 Å². The second kappa shape index (κ2) is 6.99. The molecular weight excluding hydrogens is 402 g/mol. The lowest BCUT2D eigenvalue weighted by Gasteiger charge is -2.24. The first-order chi connectivity index (χ1) is 13.4. The quantitative estimate of drug-likeness (QED) is 0.598. The normalized spacial score (nSPS) is 15.7. The number of aromatic nitrogens is 3. The Morgan fingerprint density at radius 1 is 1.36 bits per heavy atom. The predicted octanol–water partition coefficient (Wildman–Crippen LogP) is 2.69. The first-order valence-corrected chi connectivity index (χ1v) is 11.0. The van der Waals surface area contributed by atoms with Crippen molar-refractivity contribution in [3.8, 4) is 21.3 Å². The highest BCUT2D eigenvalue weighted by Crippen LogP contribution is 2.39. The molecule has 0 spiro atoms. The molecule has 28 heavy (non-hydrogen) atoms. The number of pyridine rings is 1. The maximum atomic E-state index is 12.2. The second-order valence-electron chi connectivity index (χ2n) is 6.15. The van der Waals surface area contributed by atoms with Gasteiger partial charge in [-0.3, -0.25) is 4.98 Å². The number of rotatable bonds is 4. The van der Waals surface area contributed by atoms with Gasteiger partial charge in [0.25, 0.3) is 0 Å². The van der Waals surface area contributed by atoms with Crippen molar-refractivity contribution in [3.63, 3.8) is 0 Å². The summed E-state index contributed by atoms with van der Waals surface area (Å²) < 4.78 is 31.4. The molecule has 146 valence electrons. The molecule has 0 unspecified atom stereocenters. The van der Waals surface area contributed by atoms with Crippen molar-refractivity contribution < 1.29 is 17.7 Å². The summed E-state index contributed by atoms with van der Waals surface area (Å²) >= 11 is 1.41. The van der Waals surface area contributed by atoms with E-state index in [0.717, 1.165) is 27.4 Å². The van der Waals surface area contributed by atoms with Crippen LogP contribution in [0.3, 0.4) is 0 Å². The van der Waals surface area contributed by atoms with Crippen LogP contribution in [0.4, 0.5) is 5.88 Å². The summed E-state index contributed by atoms with van der Waals surface area (Å²) in [5, 5.41) is 4.76. The number of oxazole rings is 1. The van der Waals surface area contributed by atoms with E-state index in [4.69, 9.17) is 9.25 Å². The Labute approximate surface area is 165 Å². The van der Waals surface area contributed by atoms with E-state index < -0.39 is 10.0 Å². The number of nitrogens with zero attached hydrogens (tertiary/aromatic N) is 5. The largest absolute Gasteiger partial charge is 0.418 e. The summed E-state index contributed by atoms with van der Waals surface area (Å²) in [4.78, 5) is 18.8. The zero-order valence-electron chi connectivity index (χ0n) is 15.4. The summed E-state index contributed by atoms with van der Waals surface area (Å²) in [5.74, 6) is 0.449. The molecule has 0 aliphatic carbocycles. The van der Waals surface area contributed by atoms with Crippen LogP contribution >= 0.6 is 11.3 Å². The Morgan fingerprint density at radius 3 is 2.86 bits per heavy atom. The van der Waals surface area contributed by atoms with Crippen molar-refractivity contribution in [2.24, 2.45) is 5.16 Å². The number of fused-ring (bicyclic) bond motifs is 1. The molecule has 0 amide bonds. The summed E-state index contributed by atoms with van der Waals surface area (Å²) in [7, 11) is -2.08. The smallest absolute Gasteiger partial charge is 0.241 e. The minimum atomic E-state index is -3.51. The third kappa shape index (κ3) is 3.27. The molecule has 4 heterocycles. The molecule has 3 aromatic rings. The third-order valence-corrected chi connectivity index (χ3v) is 6.51. The first kappa shape index (κ1) is 18.6. The van der Waals surface area contributed by atoms with Gasteiger partial charge in [-0.2, -0.15) is 0 Å². The van der Waals surface area contributed by atoms with Gasteiger partial charge >= 0.3 is 0 Å². The van der Waals surface area contributed by atoms with Crippen molar-refractivity contribution in [1.29, 1.82) is 0 Å². The minimum absolute atomic E-state index is 0.148. The summed E-state index contributed by atoms with van der Waals surface area (Å²) in [6.07, 6.45) is 4.94. The van der Waals surface area contributed by atoms with Crippen LogP contribution < -0.4 is 4.31 Å². The van der Waals surface area contributed by atoms with Gasteiger partial charge in [0.2, 0.25) is 21.8 Å². The molecule has 0 atom stereocenters. The van der Waals surface area contributed by atoms with Crippen LogP contribution in [-0.4, -0.2) is 49.0 Å². The van der Waals surface area contributed by atoms with Gasteiger partial charge in [-0.1, -0.05) is 5.16 Å². The zero-order chi connectivity index (χ0) is 19.9. The highest BCUT2D eigenvalue weighted by molar-refractivity contribution is 7.92. The van der Waals surface area contributed by atoms with Crippen molar-refractivity contribution in [2.45, 2.75) is 13.3 Å². The Bertz CT molecular complexity index is 1150. The van der Waals surface area contributed by atoms with Crippen molar-refractivity contribution >= 4 is 33.0 Å². The highest BCUT2D eigenvalue weighted by Gasteiger charge is 2.34. The highest BCUT2D eigenvalue weighted by atomic mass is 32.2. The van der Waals surface area contributed by atoms with Crippen LogP contribution in [0.5, 0.6) is 0 Å². The van der Waals surface area contributed by atoms with E-state index in [1.165, 1.54) is 22.8 Å². The van der Waals surface area contributed by atoms with Gasteiger partial charge < -0.3 is 9.25 Å². The van der Waals surface area contributed by atoms with Crippen LogP contribution in [0.1, 0.15) is 17.8 Å². The minimum Gasteiger partial charge on any atom is -0.418 e. The molecule has 9 nitrogen and oxygen atoms in total. The molecule has 3 aromatic heterocycles. The van der Waals surface area contributed by atoms with E-state index in [-0.39, 0.29) is 12.4 Å². The Morgan fingerprint density at radius 2 is 2.18 bits per heavy atom. The molecule has 1 aliphatic rings. The monoisotopic (exact) mass is 419 g/mol. The lowest BCUT2D eigenvalue weighted by molar-refractivity contribution is 0.212. The van der Waals surface area contributed by atoms with E-state index in [1.54, 1.807) is 12.4 Å². The molecule has 0 saturated heterocycles. The molecule has 11 heteroatoms. The van der Waals surface area contributed by atoms with Crippen molar-refractivity contribution in [3.05, 3.63) is 35.9 Å². The van der Waals surface area contributed by atoms with E-state index in [9.17, 15) is 8.42 Å². The third-order valence-electron chi connectivity index (χ3n) is 4.16. The van der Waals surface area contributed by atoms with E-state index in [2.05, 4.69) is 20.1 Å². The molecular formula is C17H17N5O4S2. The number of anilines is 1. The predicted molar refractivity (Wildman–Crippen MR) is 106 cm³/mol. The maximum absolute atomic E-state index is 12.2. The van der Waals surface area contributed by atoms with Gasteiger partial charge in [-0.25, -0.2) is 22.7 Å². The molecule has 0 saturated carbocycles. The Kier molecular flexibility index (Phi) is 4.63. The van der Waals surface area contributed by atoms with Gasteiger partial charge in [0.05, 0.1) is 11.9 Å². The fourth-order valence-corrected chi connectivity index (χ4v) is 4.75. The van der Waals surface area contributed by atoms with Gasteiger partial charge in [0.15, 0.2) is 5.69 Å². The molecule has 0 fully saturated rings. The molecule has 0 radical (unpaired) electrons. The van der Waals surface area contributed by atoms with Crippen molar-refractivity contribution in [2.75, 3.05) is 24.2 Å². The van der Waals surface area contributed by atoms with Crippen molar-refractivity contribution in [1.82, 2.24) is 15.0 Å². The number of aryl methyl sites for hydroxylation is 1. The topological polar surface area (TPSA) is 111 Å². The van der Waals surface area contributed by atoms with Gasteiger partial charge in [-0.05, 0) is 19.1 Å². The number of hydrogen-bond acceptors (Lipinski definition) is 9. The van der Waals surface area contributed by atoms with E-state index >= 15 is 0 Å². The van der Waals surface area contributed by atoms with Crippen LogP contribution in [0, 0.1) is 6.92 Å². The van der Waals surface area contributed by atoms with Gasteiger partial charge in [0.1, 0.15) is 22.7 Å². The first-order valence-electron chi connectivity index (χ1n) is 8.35. The Balaban J connectivity index is 1.83. The number of thiazole rings is 1. The molecule has 0 N–H and O–H groups in total. The maximum Gasteiger partial charge on any atom is 0.241 e. The SMILES string of the molecule is CON=C1CCN(S(C)(=O)=O)c2oc(-c3sc(-c4cccnc4)nc3C)nc21. The lowest BCUT2D eigenvalue weighted by atomic mass is 10.1. The Hall–Kier alpha value is -2.79. The van der Waals surface area contributed by atoms with E-state index in [1.807, 2.05) is 19.1 Å². The molecule has 4 rings (SSSR count). The average molecular weight is 419 g/mol. The number of sulfonamides is 1. The fraction of sp³-hybridized carbons (Fsp3) is 0.294. The number of oxime groups is 1. The lowest BCUT2D eigenvalue weighted by Crippen LogP contribution is -2.36. The van der Waals surface area contributed by atoms with Crippen LogP contribution in [0.15, 0.2) is 34.1 Å². The van der Waals surface area contributed by atoms with Crippen LogP contribution in [0.25, 0.3) is 21.3 Å². The zero-order valence-corrected chi connectivity index (χ0v) is 17.0. The summed E-state index contributed by atoms with van der Waals surface area (Å²) in [6, 6.07) is 3.76. The molecule has 1 aliphatic heterocycles. The fourth-order valence-electron chi connectivity index (χ4n) is 2.92. The standard InChI is InChI=1S/C17H17N5O4S2/c1-10-14(27-16(19-10)11-5-4-7-18-9-11)15-20-13-12(21-25-2)6-8-22(17(13)26-15)28(3,23)24/h4-5,7,9H,6,8H2,1-3H3. The summed E-state index contributed by atoms with van der Waals surface area (Å²) in [6.45, 7) is 2.07. The number of hydrogen-bond donors (Lipinski definition) is 0. The van der Waals surface area contributed by atoms with Gasteiger partial charge in [0, 0.05) is 30.9 Å². The second-order valence-corrected chi connectivity index (χ2v) is 9.06. The molecule has 0 bridgehead atoms. The van der Waals surface area contributed by atoms with Crippen LogP contribution in [0.2, 0.25) is 0 Å².